The Hall–Kier alpha value is -2.39. The van der Waals surface area contributed by atoms with Crippen LogP contribution in [0, 0.1) is 17.8 Å². The molecule has 0 saturated heterocycles. The topological polar surface area (TPSA) is 41.5 Å². The number of allylic oxidation sites excluding steroid dienone is 1. The largest absolute Gasteiger partial charge is 0.310 e. The fourth-order valence-electron chi connectivity index (χ4n) is 4.31. The van der Waals surface area contributed by atoms with Crippen LogP contribution >= 0.6 is 11.6 Å². The second kappa shape index (κ2) is 5.57. The molecule has 0 aromatic heterocycles. The Bertz CT molecular complexity index is 898. The van der Waals surface area contributed by atoms with Gasteiger partial charge in [0.25, 0.3) is 0 Å². The highest BCUT2D eigenvalue weighted by atomic mass is 35.5. The van der Waals surface area contributed by atoms with E-state index in [1.54, 1.807) is 0 Å². The van der Waals surface area contributed by atoms with Crippen molar-refractivity contribution >= 4 is 23.3 Å². The number of nitrogens with one attached hydrogen (secondary N) is 1. The van der Waals surface area contributed by atoms with E-state index in [0.717, 1.165) is 28.1 Å². The average Bonchev–Trinajstić information content (AvgIpc) is 3.25. The molecule has 0 spiro atoms. The second-order valence-corrected chi connectivity index (χ2v) is 7.45. The Morgan fingerprint density at radius 2 is 1.48 bits per heavy atom. The monoisotopic (exact) mass is 348 g/mol. The van der Waals surface area contributed by atoms with Crippen LogP contribution in [0.5, 0.6) is 0 Å². The van der Waals surface area contributed by atoms with Gasteiger partial charge < -0.3 is 5.32 Å². The molecule has 2 aromatic carbocycles. The van der Waals surface area contributed by atoms with Crippen molar-refractivity contribution in [1.82, 2.24) is 5.32 Å². The summed E-state index contributed by atoms with van der Waals surface area (Å²) in [6.07, 6.45) is 5.48. The predicted octanol–water partition coefficient (Wildman–Crippen LogP) is 4.07. The summed E-state index contributed by atoms with van der Waals surface area (Å²) in [5, 5.41) is 3.75. The van der Waals surface area contributed by atoms with Gasteiger partial charge in [-0.15, -0.1) is 0 Å². The molecule has 4 atom stereocenters. The first-order valence-corrected chi connectivity index (χ1v) is 9.00. The van der Waals surface area contributed by atoms with E-state index >= 15 is 0 Å². The molecule has 1 aliphatic heterocycles. The molecule has 1 saturated carbocycles. The van der Waals surface area contributed by atoms with Gasteiger partial charge in [0.05, 0.1) is 12.0 Å². The van der Waals surface area contributed by atoms with E-state index in [1.807, 2.05) is 36.4 Å². The lowest BCUT2D eigenvalue weighted by molar-refractivity contribution is -0.125. The molecule has 2 bridgehead atoms. The minimum atomic E-state index is 0.0205. The molecule has 124 valence electrons. The maximum Gasteiger partial charge on any atom is 0.231 e. The number of halogens is 1. The Labute approximate surface area is 151 Å². The molecule has 1 heterocycles. The lowest BCUT2D eigenvalue weighted by atomic mass is 9.87. The first-order valence-electron chi connectivity index (χ1n) is 8.62. The van der Waals surface area contributed by atoms with Crippen LogP contribution in [0.4, 0.5) is 0 Å². The molecule has 4 unspecified atom stereocenters. The van der Waals surface area contributed by atoms with E-state index in [0.29, 0.717) is 17.7 Å². The van der Waals surface area contributed by atoms with E-state index < -0.39 is 0 Å². The molecule has 0 radical (unpaired) electrons. The zero-order valence-corrected chi connectivity index (χ0v) is 14.3. The minimum Gasteiger partial charge on any atom is -0.310 e. The lowest BCUT2D eigenvalue weighted by Crippen LogP contribution is -2.47. The van der Waals surface area contributed by atoms with E-state index in [-0.39, 0.29) is 17.9 Å². The molecule has 5 rings (SSSR count). The van der Waals surface area contributed by atoms with Gasteiger partial charge in [-0.25, -0.2) is 0 Å². The quantitative estimate of drug-likeness (QED) is 0.816. The third-order valence-corrected chi connectivity index (χ3v) is 5.83. The van der Waals surface area contributed by atoms with E-state index in [2.05, 4.69) is 29.6 Å². The third-order valence-electron chi connectivity index (χ3n) is 5.58. The summed E-state index contributed by atoms with van der Waals surface area (Å²) < 4.78 is 0. The highest BCUT2D eigenvalue weighted by Gasteiger charge is 2.50. The molecule has 25 heavy (non-hydrogen) atoms. The molecular formula is C21H17ClN2O. The maximum absolute atomic E-state index is 12.5. The van der Waals surface area contributed by atoms with E-state index in [1.165, 1.54) is 0 Å². The number of nitrogens with zero attached hydrogens (tertiary/aromatic N) is 1. The van der Waals surface area contributed by atoms with Crippen molar-refractivity contribution in [3.63, 3.8) is 0 Å². The number of carbonyl (C=O) groups excluding carboxylic acids is 1. The van der Waals surface area contributed by atoms with Gasteiger partial charge in [0.15, 0.2) is 0 Å². The van der Waals surface area contributed by atoms with Gasteiger partial charge in [-0.3, -0.25) is 9.79 Å². The first-order chi connectivity index (χ1) is 12.2. The van der Waals surface area contributed by atoms with Gasteiger partial charge in [0, 0.05) is 16.5 Å². The van der Waals surface area contributed by atoms with Crippen LogP contribution < -0.4 is 5.32 Å². The summed E-state index contributed by atoms with van der Waals surface area (Å²) in [6.45, 7) is 0. The number of rotatable bonds is 2. The summed E-state index contributed by atoms with van der Waals surface area (Å²) in [5.74, 6) is 1.63. The SMILES string of the molecule is O=C1NC(c2ccc(-c3ccc(Cl)cc3)cc2)=NC2C3C=CC(C3)C12. The number of benzene rings is 2. The number of hydrogen-bond acceptors (Lipinski definition) is 2. The normalized spacial score (nSPS) is 29.3. The van der Waals surface area contributed by atoms with Crippen LogP contribution in [0.2, 0.25) is 5.02 Å². The van der Waals surface area contributed by atoms with Crippen molar-refractivity contribution in [3.05, 3.63) is 71.3 Å². The van der Waals surface area contributed by atoms with Crippen LogP contribution in [-0.2, 0) is 4.79 Å². The van der Waals surface area contributed by atoms with Gasteiger partial charge in [-0.2, -0.15) is 0 Å². The van der Waals surface area contributed by atoms with Gasteiger partial charge in [0.1, 0.15) is 5.84 Å². The van der Waals surface area contributed by atoms with Crippen molar-refractivity contribution < 1.29 is 4.79 Å². The predicted molar refractivity (Wildman–Crippen MR) is 99.6 cm³/mol. The standard InChI is InChI=1S/C21H17ClN2O/c22-17-9-7-13(8-10-17)12-1-3-14(4-2-12)20-23-19-16-6-5-15(11-16)18(19)21(25)24-20/h1-10,15-16,18-19H,11H2,(H,23,24,25). The summed E-state index contributed by atoms with van der Waals surface area (Å²) in [6, 6.07) is 16.0. The average molecular weight is 349 g/mol. The van der Waals surface area contributed by atoms with Crippen molar-refractivity contribution in [3.8, 4) is 11.1 Å². The van der Waals surface area contributed by atoms with E-state index in [4.69, 9.17) is 16.6 Å². The van der Waals surface area contributed by atoms with Crippen LogP contribution in [0.15, 0.2) is 65.7 Å². The zero-order chi connectivity index (χ0) is 17.0. The van der Waals surface area contributed by atoms with Crippen LogP contribution in [-0.4, -0.2) is 17.8 Å². The number of hydrogen-bond donors (Lipinski definition) is 1. The molecule has 4 heteroatoms. The summed E-state index contributed by atoms with van der Waals surface area (Å²) in [5.41, 5.74) is 3.18. The maximum atomic E-state index is 12.5. The van der Waals surface area contributed by atoms with Gasteiger partial charge in [0.2, 0.25) is 5.91 Å². The fraction of sp³-hybridized carbons (Fsp3) is 0.238. The highest BCUT2D eigenvalue weighted by Crippen LogP contribution is 2.46. The number of fused-ring (bicyclic) bond motifs is 5. The van der Waals surface area contributed by atoms with Gasteiger partial charge in [-0.05, 0) is 35.6 Å². The number of aliphatic imine (C=N–C) groups is 1. The van der Waals surface area contributed by atoms with Gasteiger partial charge in [-0.1, -0.05) is 60.2 Å². The molecular weight excluding hydrogens is 332 g/mol. The summed E-state index contributed by atoms with van der Waals surface area (Å²) in [4.78, 5) is 17.4. The highest BCUT2D eigenvalue weighted by molar-refractivity contribution is 6.30. The fourth-order valence-corrected chi connectivity index (χ4v) is 4.44. The van der Waals surface area contributed by atoms with Gasteiger partial charge >= 0.3 is 0 Å². The molecule has 2 aromatic rings. The second-order valence-electron chi connectivity index (χ2n) is 7.02. The Kier molecular flexibility index (Phi) is 3.32. The molecule has 2 aliphatic carbocycles. The lowest BCUT2D eigenvalue weighted by Gasteiger charge is -2.29. The van der Waals surface area contributed by atoms with Crippen molar-refractivity contribution in [2.45, 2.75) is 12.5 Å². The zero-order valence-electron chi connectivity index (χ0n) is 13.5. The van der Waals surface area contributed by atoms with Crippen molar-refractivity contribution in [2.24, 2.45) is 22.7 Å². The number of carbonyl (C=O) groups is 1. The molecule has 1 fully saturated rings. The van der Waals surface area contributed by atoms with Crippen molar-refractivity contribution in [1.29, 1.82) is 0 Å². The Morgan fingerprint density at radius 3 is 2.20 bits per heavy atom. The number of amidine groups is 1. The Balaban J connectivity index is 1.45. The van der Waals surface area contributed by atoms with Crippen LogP contribution in [0.3, 0.4) is 0 Å². The molecule has 1 N–H and O–H groups in total. The van der Waals surface area contributed by atoms with Crippen LogP contribution in [0.1, 0.15) is 12.0 Å². The van der Waals surface area contributed by atoms with Crippen molar-refractivity contribution in [2.75, 3.05) is 0 Å². The summed E-state index contributed by atoms with van der Waals surface area (Å²) in [7, 11) is 0. The summed E-state index contributed by atoms with van der Waals surface area (Å²) >= 11 is 5.95. The number of amides is 1. The first kappa shape index (κ1) is 14.9. The minimum absolute atomic E-state index is 0.0205. The Morgan fingerprint density at radius 1 is 0.880 bits per heavy atom. The third kappa shape index (κ3) is 2.42. The van der Waals surface area contributed by atoms with Crippen LogP contribution in [0.25, 0.3) is 11.1 Å². The van der Waals surface area contributed by atoms with E-state index in [9.17, 15) is 4.79 Å². The molecule has 3 nitrogen and oxygen atoms in total. The molecule has 1 amide bonds. The molecule has 3 aliphatic rings. The smallest absolute Gasteiger partial charge is 0.231 e.